The number of phenolic OH excluding ortho intramolecular Hbond substituents is 1. The van der Waals surface area contributed by atoms with E-state index in [1.807, 2.05) is 12.1 Å². The number of aromatic carboxylic acids is 1. The van der Waals surface area contributed by atoms with E-state index in [1.165, 1.54) is 30.3 Å². The van der Waals surface area contributed by atoms with Crippen LogP contribution in [0.2, 0.25) is 0 Å². The van der Waals surface area contributed by atoms with Gasteiger partial charge in [-0.3, -0.25) is 4.55 Å². The molecule has 0 aliphatic carbocycles. The topological polar surface area (TPSA) is 182 Å². The van der Waals surface area contributed by atoms with Crippen molar-refractivity contribution in [2.24, 2.45) is 20.5 Å². The molecule has 5 aromatic carbocycles. The van der Waals surface area contributed by atoms with Crippen LogP contribution in [0, 0.1) is 0 Å². The van der Waals surface area contributed by atoms with Gasteiger partial charge in [0, 0.05) is 10.8 Å². The summed E-state index contributed by atoms with van der Waals surface area (Å²) in [5.74, 6) is -1.89. The van der Waals surface area contributed by atoms with Gasteiger partial charge in [-0.05, 0) is 59.7 Å². The highest BCUT2D eigenvalue weighted by atomic mass is 32.2. The van der Waals surface area contributed by atoms with Crippen LogP contribution in [0.15, 0.2) is 122 Å². The number of carboxylic acids is 1. The summed E-state index contributed by atoms with van der Waals surface area (Å²) in [4.78, 5) is 10.8. The van der Waals surface area contributed by atoms with Crippen molar-refractivity contribution in [1.82, 2.24) is 0 Å². The van der Waals surface area contributed by atoms with Gasteiger partial charge in [0.05, 0.1) is 17.1 Å². The van der Waals surface area contributed by atoms with Gasteiger partial charge in [-0.1, -0.05) is 48.5 Å². The normalized spacial score (nSPS) is 11.9. The van der Waals surface area contributed by atoms with E-state index in [4.69, 9.17) is 5.11 Å². The molecule has 5 rings (SSSR count). The van der Waals surface area contributed by atoms with Gasteiger partial charge in [-0.15, -0.1) is 5.11 Å². The van der Waals surface area contributed by atoms with Crippen molar-refractivity contribution >= 4 is 49.6 Å². The summed E-state index contributed by atoms with van der Waals surface area (Å²) in [5, 5.41) is 45.9. The first-order valence-corrected chi connectivity index (χ1v) is 13.4. The quantitative estimate of drug-likeness (QED) is 0.115. The second-order valence-corrected chi connectivity index (χ2v) is 10.2. The zero-order chi connectivity index (χ0) is 29.1. The minimum Gasteiger partial charge on any atom is -0.507 e. The van der Waals surface area contributed by atoms with Crippen molar-refractivity contribution in [2.45, 2.75) is 4.90 Å². The summed E-state index contributed by atoms with van der Waals surface area (Å²) >= 11 is 0. The van der Waals surface area contributed by atoms with Crippen LogP contribution < -0.4 is 0 Å². The highest BCUT2D eigenvalue weighted by Crippen LogP contribution is 2.39. The van der Waals surface area contributed by atoms with Gasteiger partial charge < -0.3 is 15.3 Å². The number of hydrogen-bond donors (Lipinski definition) is 4. The van der Waals surface area contributed by atoms with E-state index in [-0.39, 0.29) is 44.1 Å². The van der Waals surface area contributed by atoms with Crippen LogP contribution in [-0.2, 0) is 10.1 Å². The van der Waals surface area contributed by atoms with Crippen molar-refractivity contribution < 1.29 is 33.1 Å². The fourth-order valence-electron chi connectivity index (χ4n) is 4.03. The highest BCUT2D eigenvalue weighted by Gasteiger charge is 2.19. The number of hydrogen-bond acceptors (Lipinski definition) is 9. The number of rotatable bonds is 7. The summed E-state index contributed by atoms with van der Waals surface area (Å²) in [6.07, 6.45) is 0. The molecule has 0 atom stereocenters. The Balaban J connectivity index is 1.33. The van der Waals surface area contributed by atoms with E-state index in [0.717, 1.165) is 17.2 Å². The molecule has 0 amide bonds. The molecular weight excluding hydrogens is 548 g/mol. The molecule has 5 aromatic rings. The molecular formula is C29H20N4O7S. The van der Waals surface area contributed by atoms with Crippen LogP contribution in [0.3, 0.4) is 0 Å². The molecule has 0 aliphatic heterocycles. The molecule has 0 saturated heterocycles. The lowest BCUT2D eigenvalue weighted by Crippen LogP contribution is -1.99. The summed E-state index contributed by atoms with van der Waals surface area (Å²) in [5.41, 5.74) is 2.60. The lowest BCUT2D eigenvalue weighted by molar-refractivity contribution is 0.0693. The molecule has 11 nitrogen and oxygen atoms in total. The maximum atomic E-state index is 11.9. The van der Waals surface area contributed by atoms with Crippen LogP contribution in [0.5, 0.6) is 11.5 Å². The molecule has 0 unspecified atom stereocenters. The van der Waals surface area contributed by atoms with Crippen LogP contribution in [0.1, 0.15) is 10.4 Å². The molecule has 41 heavy (non-hydrogen) atoms. The lowest BCUT2D eigenvalue weighted by atomic mass is 10.1. The van der Waals surface area contributed by atoms with E-state index < -0.39 is 16.1 Å². The van der Waals surface area contributed by atoms with E-state index in [1.54, 1.807) is 48.5 Å². The summed E-state index contributed by atoms with van der Waals surface area (Å²) < 4.78 is 33.4. The fraction of sp³-hybridized carbons (Fsp3) is 0. The van der Waals surface area contributed by atoms with Crippen LogP contribution in [0.4, 0.5) is 22.7 Å². The first kappa shape index (κ1) is 27.1. The Hall–Kier alpha value is -5.46. The van der Waals surface area contributed by atoms with Crippen LogP contribution >= 0.6 is 0 Å². The van der Waals surface area contributed by atoms with E-state index in [9.17, 15) is 28.0 Å². The van der Waals surface area contributed by atoms with Crippen molar-refractivity contribution in [3.63, 3.8) is 0 Å². The average molecular weight is 569 g/mol. The fourth-order valence-corrected chi connectivity index (χ4v) is 4.74. The standard InChI is InChI=1S/C29H20N4O7S/c34-26-14-13-21(15-24(26)29(36)37)32-30-19-9-5-17(6-10-19)18-7-11-20(12-8-18)31-33-25-16-27(41(38,39)40)22-3-1-2-4-23(22)28(25)35/h1-16,34-35H,(H,36,37)(H,38,39,40). The van der Waals surface area contributed by atoms with E-state index in [2.05, 4.69) is 20.5 Å². The Morgan fingerprint density at radius 1 is 0.634 bits per heavy atom. The second kappa shape index (κ2) is 11.0. The maximum absolute atomic E-state index is 11.9. The van der Waals surface area contributed by atoms with Gasteiger partial charge in [-0.25, -0.2) is 4.79 Å². The molecule has 0 aromatic heterocycles. The monoisotopic (exact) mass is 568 g/mol. The van der Waals surface area contributed by atoms with Crippen molar-refractivity contribution in [2.75, 3.05) is 0 Å². The number of fused-ring (bicyclic) bond motifs is 1. The summed E-state index contributed by atoms with van der Waals surface area (Å²) in [7, 11) is -4.57. The van der Waals surface area contributed by atoms with Crippen molar-refractivity contribution in [3.8, 4) is 22.6 Å². The number of carbonyl (C=O) groups is 1. The number of azo groups is 2. The molecule has 0 heterocycles. The zero-order valence-electron chi connectivity index (χ0n) is 20.9. The maximum Gasteiger partial charge on any atom is 0.339 e. The summed E-state index contributed by atoms with van der Waals surface area (Å²) in [6, 6.07) is 25.3. The third-order valence-electron chi connectivity index (χ3n) is 6.07. The molecule has 12 heteroatoms. The van der Waals surface area contributed by atoms with Gasteiger partial charge in [0.25, 0.3) is 10.1 Å². The third kappa shape index (κ3) is 5.93. The largest absolute Gasteiger partial charge is 0.507 e. The molecule has 204 valence electrons. The van der Waals surface area contributed by atoms with E-state index in [0.29, 0.717) is 11.4 Å². The molecule has 4 N–H and O–H groups in total. The van der Waals surface area contributed by atoms with Crippen molar-refractivity contribution in [3.05, 3.63) is 103 Å². The minimum atomic E-state index is -4.57. The second-order valence-electron chi connectivity index (χ2n) is 8.76. The van der Waals surface area contributed by atoms with Gasteiger partial charge in [0.2, 0.25) is 0 Å². The Morgan fingerprint density at radius 3 is 1.71 bits per heavy atom. The van der Waals surface area contributed by atoms with Gasteiger partial charge in [0.1, 0.15) is 21.9 Å². The SMILES string of the molecule is O=C(O)c1cc(N=Nc2ccc(-c3ccc(N=Nc4cc(S(=O)(=O)O)c5ccccc5c4O)cc3)cc2)ccc1O. The lowest BCUT2D eigenvalue weighted by Gasteiger charge is -2.08. The average Bonchev–Trinajstić information content (AvgIpc) is 2.96. The van der Waals surface area contributed by atoms with E-state index >= 15 is 0 Å². The minimum absolute atomic E-state index is 0.114. The van der Waals surface area contributed by atoms with Gasteiger partial charge in [0.15, 0.2) is 5.75 Å². The van der Waals surface area contributed by atoms with Gasteiger partial charge >= 0.3 is 5.97 Å². The number of carboxylic acid groups (broad SMARTS) is 1. The van der Waals surface area contributed by atoms with Crippen molar-refractivity contribution in [1.29, 1.82) is 0 Å². The number of benzene rings is 5. The number of phenols is 2. The molecule has 0 saturated carbocycles. The molecule has 0 bridgehead atoms. The Kier molecular flexibility index (Phi) is 7.25. The van der Waals surface area contributed by atoms with Crippen LogP contribution in [0.25, 0.3) is 21.9 Å². The molecule has 0 fully saturated rings. The first-order chi connectivity index (χ1) is 19.6. The smallest absolute Gasteiger partial charge is 0.339 e. The Bertz CT molecular complexity index is 1960. The molecule has 0 spiro atoms. The predicted octanol–water partition coefficient (Wildman–Crippen LogP) is 7.69. The Morgan fingerprint density at radius 2 is 1.15 bits per heavy atom. The molecule has 0 aliphatic rings. The number of aromatic hydroxyl groups is 2. The zero-order valence-corrected chi connectivity index (χ0v) is 21.8. The molecule has 0 radical (unpaired) electrons. The predicted molar refractivity (Wildman–Crippen MR) is 151 cm³/mol. The highest BCUT2D eigenvalue weighted by molar-refractivity contribution is 7.86. The summed E-state index contributed by atoms with van der Waals surface area (Å²) in [6.45, 7) is 0. The Labute approximate surface area is 233 Å². The van der Waals surface area contributed by atoms with Crippen LogP contribution in [-0.4, -0.2) is 34.3 Å². The van der Waals surface area contributed by atoms with Gasteiger partial charge in [-0.2, -0.15) is 23.8 Å². The third-order valence-corrected chi connectivity index (χ3v) is 6.96. The number of nitrogens with zero attached hydrogens (tertiary/aromatic N) is 4. The first-order valence-electron chi connectivity index (χ1n) is 11.9.